The molecule has 0 saturated heterocycles. The molecular weight excluding hydrogens is 396 g/mol. The van der Waals surface area contributed by atoms with E-state index in [4.69, 9.17) is 19.9 Å². The summed E-state index contributed by atoms with van der Waals surface area (Å²) in [5.41, 5.74) is 7.37. The highest BCUT2D eigenvalue weighted by Gasteiger charge is 2.24. The van der Waals surface area contributed by atoms with Gasteiger partial charge >= 0.3 is 5.97 Å². The SMILES string of the molecule is COC(=O)C(=C(/C)c1cc(OC)cc(OC)c1)/C(=C\c1cccnc1)C(N)=O.Cl. The number of rotatable bonds is 7. The van der Waals surface area contributed by atoms with E-state index >= 15 is 0 Å². The average molecular weight is 419 g/mol. The Morgan fingerprint density at radius 2 is 1.69 bits per heavy atom. The van der Waals surface area contributed by atoms with Crippen LogP contribution in [0.5, 0.6) is 11.5 Å². The number of nitrogens with two attached hydrogens (primary N) is 1. The molecule has 2 aromatic rings. The molecule has 2 rings (SSSR count). The highest BCUT2D eigenvalue weighted by atomic mass is 35.5. The molecule has 0 aliphatic heterocycles. The molecule has 0 bridgehead atoms. The average Bonchev–Trinajstić information content (AvgIpc) is 2.72. The van der Waals surface area contributed by atoms with Gasteiger partial charge in [0, 0.05) is 18.5 Å². The van der Waals surface area contributed by atoms with Crippen LogP contribution in [0.25, 0.3) is 11.6 Å². The largest absolute Gasteiger partial charge is 0.497 e. The summed E-state index contributed by atoms with van der Waals surface area (Å²) in [6.07, 6.45) is 4.66. The second kappa shape index (κ2) is 10.9. The van der Waals surface area contributed by atoms with Gasteiger partial charge in [-0.1, -0.05) is 6.07 Å². The van der Waals surface area contributed by atoms with E-state index in [1.54, 1.807) is 49.6 Å². The standard InChI is InChI=1S/C21H22N2O5.ClH/c1-13(15-9-16(26-2)11-17(10-15)27-3)19(21(25)28-4)18(20(22)24)8-14-6-5-7-23-12-14;/h5-12H,1-4H3,(H2,22,24);1H/b18-8+,19-13-;. The van der Waals surface area contributed by atoms with Crippen molar-refractivity contribution in [2.24, 2.45) is 5.73 Å². The van der Waals surface area contributed by atoms with Crippen molar-refractivity contribution in [3.05, 3.63) is 65.0 Å². The van der Waals surface area contributed by atoms with Crippen molar-refractivity contribution >= 4 is 35.9 Å². The first-order chi connectivity index (χ1) is 13.4. The number of esters is 1. The van der Waals surface area contributed by atoms with Crippen molar-refractivity contribution in [2.45, 2.75) is 6.92 Å². The molecule has 0 spiro atoms. The van der Waals surface area contributed by atoms with Crippen LogP contribution < -0.4 is 15.2 Å². The lowest BCUT2D eigenvalue weighted by molar-refractivity contribution is -0.136. The zero-order valence-corrected chi connectivity index (χ0v) is 17.4. The van der Waals surface area contributed by atoms with Gasteiger partial charge in [-0.2, -0.15) is 0 Å². The van der Waals surface area contributed by atoms with Crippen LogP contribution in [0.1, 0.15) is 18.1 Å². The molecule has 7 nitrogen and oxygen atoms in total. The van der Waals surface area contributed by atoms with Crippen LogP contribution in [-0.2, 0) is 14.3 Å². The molecule has 29 heavy (non-hydrogen) atoms. The van der Waals surface area contributed by atoms with E-state index in [-0.39, 0.29) is 23.6 Å². The Bertz CT molecular complexity index is 917. The number of pyridine rings is 1. The van der Waals surface area contributed by atoms with E-state index < -0.39 is 11.9 Å². The zero-order valence-electron chi connectivity index (χ0n) is 16.6. The first kappa shape index (κ1) is 23.7. The van der Waals surface area contributed by atoms with Gasteiger partial charge in [-0.05, 0) is 47.9 Å². The molecule has 1 amide bonds. The minimum Gasteiger partial charge on any atom is -0.497 e. The van der Waals surface area contributed by atoms with Gasteiger partial charge in [-0.25, -0.2) is 4.79 Å². The number of carbonyl (C=O) groups excluding carboxylic acids is 2. The predicted molar refractivity (Wildman–Crippen MR) is 113 cm³/mol. The van der Waals surface area contributed by atoms with Gasteiger partial charge in [0.2, 0.25) is 5.91 Å². The monoisotopic (exact) mass is 418 g/mol. The zero-order chi connectivity index (χ0) is 20.7. The van der Waals surface area contributed by atoms with E-state index in [1.165, 1.54) is 27.4 Å². The van der Waals surface area contributed by atoms with Crippen molar-refractivity contribution in [1.82, 2.24) is 4.98 Å². The Morgan fingerprint density at radius 3 is 2.14 bits per heavy atom. The molecule has 2 N–H and O–H groups in total. The van der Waals surface area contributed by atoms with Crippen molar-refractivity contribution in [3.63, 3.8) is 0 Å². The number of amides is 1. The van der Waals surface area contributed by atoms with Gasteiger partial charge in [-0.3, -0.25) is 9.78 Å². The Morgan fingerprint density at radius 1 is 1.07 bits per heavy atom. The van der Waals surface area contributed by atoms with E-state index in [1.807, 2.05) is 0 Å². The number of carbonyl (C=O) groups is 2. The van der Waals surface area contributed by atoms with Gasteiger partial charge in [0.05, 0.1) is 32.5 Å². The predicted octanol–water partition coefficient (Wildman–Crippen LogP) is 3.04. The Kier molecular flexibility index (Phi) is 8.89. The maximum atomic E-state index is 12.6. The van der Waals surface area contributed by atoms with Crippen LogP contribution in [0.3, 0.4) is 0 Å². The lowest BCUT2D eigenvalue weighted by atomic mass is 9.93. The van der Waals surface area contributed by atoms with E-state index in [2.05, 4.69) is 4.98 Å². The fourth-order valence-electron chi connectivity index (χ4n) is 2.63. The fourth-order valence-corrected chi connectivity index (χ4v) is 2.63. The first-order valence-electron chi connectivity index (χ1n) is 8.35. The van der Waals surface area contributed by atoms with Crippen LogP contribution in [-0.4, -0.2) is 38.2 Å². The van der Waals surface area contributed by atoms with Gasteiger partial charge < -0.3 is 19.9 Å². The smallest absolute Gasteiger partial charge is 0.338 e. The summed E-state index contributed by atoms with van der Waals surface area (Å²) in [5.74, 6) is -0.378. The Hall–Kier alpha value is -3.32. The number of nitrogens with zero attached hydrogens (tertiary/aromatic N) is 1. The summed E-state index contributed by atoms with van der Waals surface area (Å²) < 4.78 is 15.5. The van der Waals surface area contributed by atoms with E-state index in [0.29, 0.717) is 28.2 Å². The number of allylic oxidation sites excluding steroid dienone is 1. The molecule has 1 heterocycles. The number of hydrogen-bond donors (Lipinski definition) is 1. The molecule has 0 radical (unpaired) electrons. The van der Waals surface area contributed by atoms with Crippen molar-refractivity contribution in [3.8, 4) is 11.5 Å². The lowest BCUT2D eigenvalue weighted by Crippen LogP contribution is -2.21. The molecule has 8 heteroatoms. The van der Waals surface area contributed by atoms with Gasteiger partial charge in [0.25, 0.3) is 0 Å². The Balaban J connectivity index is 0.00000420. The topological polar surface area (TPSA) is 101 Å². The summed E-state index contributed by atoms with van der Waals surface area (Å²) in [7, 11) is 4.29. The molecule has 0 saturated carbocycles. The number of aromatic nitrogens is 1. The molecule has 0 unspecified atom stereocenters. The lowest BCUT2D eigenvalue weighted by Gasteiger charge is -2.14. The van der Waals surface area contributed by atoms with Crippen molar-refractivity contribution in [1.29, 1.82) is 0 Å². The third-order valence-electron chi connectivity index (χ3n) is 4.08. The fraction of sp³-hybridized carbons (Fsp3) is 0.190. The van der Waals surface area contributed by atoms with Gasteiger partial charge in [-0.15, -0.1) is 12.4 Å². The molecule has 0 aliphatic carbocycles. The number of methoxy groups -OCH3 is 3. The van der Waals surface area contributed by atoms with Crippen molar-refractivity contribution in [2.75, 3.05) is 21.3 Å². The first-order valence-corrected chi connectivity index (χ1v) is 8.35. The summed E-state index contributed by atoms with van der Waals surface area (Å²) in [5, 5.41) is 0. The van der Waals surface area contributed by atoms with Gasteiger partial charge in [0.1, 0.15) is 11.5 Å². The summed E-state index contributed by atoms with van der Waals surface area (Å²) >= 11 is 0. The highest BCUT2D eigenvalue weighted by molar-refractivity contribution is 6.15. The molecule has 0 atom stereocenters. The summed E-state index contributed by atoms with van der Waals surface area (Å²) in [4.78, 5) is 28.8. The molecule has 0 aliphatic rings. The van der Waals surface area contributed by atoms with E-state index in [9.17, 15) is 9.59 Å². The molecule has 1 aromatic heterocycles. The summed E-state index contributed by atoms with van der Waals surface area (Å²) in [6.45, 7) is 1.69. The third kappa shape index (κ3) is 5.83. The number of ether oxygens (including phenoxy) is 3. The second-order valence-electron chi connectivity index (χ2n) is 5.80. The molecule has 0 fully saturated rings. The molecule has 1 aromatic carbocycles. The Labute approximate surface area is 175 Å². The van der Waals surface area contributed by atoms with Crippen LogP contribution in [0.4, 0.5) is 0 Å². The number of hydrogen-bond acceptors (Lipinski definition) is 6. The van der Waals surface area contributed by atoms with Crippen LogP contribution in [0.2, 0.25) is 0 Å². The maximum absolute atomic E-state index is 12.6. The number of benzene rings is 1. The minimum absolute atomic E-state index is 0. The van der Waals surface area contributed by atoms with E-state index in [0.717, 1.165) is 0 Å². The number of halogens is 1. The normalized spacial score (nSPS) is 11.7. The maximum Gasteiger partial charge on any atom is 0.338 e. The summed E-state index contributed by atoms with van der Waals surface area (Å²) in [6, 6.07) is 8.61. The van der Waals surface area contributed by atoms with Crippen LogP contribution in [0, 0.1) is 0 Å². The third-order valence-corrected chi connectivity index (χ3v) is 4.08. The van der Waals surface area contributed by atoms with Crippen molar-refractivity contribution < 1.29 is 23.8 Å². The molecule has 154 valence electrons. The molecular formula is C21H23ClN2O5. The minimum atomic E-state index is -0.765. The highest BCUT2D eigenvalue weighted by Crippen LogP contribution is 2.31. The van der Waals surface area contributed by atoms with Crippen LogP contribution in [0.15, 0.2) is 53.9 Å². The quantitative estimate of drug-likeness (QED) is 0.421. The number of primary amides is 1. The van der Waals surface area contributed by atoms with Gasteiger partial charge in [0.15, 0.2) is 0 Å². The second-order valence-corrected chi connectivity index (χ2v) is 5.80. The van der Waals surface area contributed by atoms with Crippen LogP contribution >= 0.6 is 12.4 Å².